The lowest BCUT2D eigenvalue weighted by Gasteiger charge is -2.34. The molecule has 0 N–H and O–H groups in total. The third-order valence-corrected chi connectivity index (χ3v) is 8.57. The van der Waals surface area contributed by atoms with Crippen LogP contribution in [-0.2, 0) is 26.1 Å². The van der Waals surface area contributed by atoms with Crippen LogP contribution in [0.1, 0.15) is 11.1 Å². The molecule has 0 aromatic heterocycles. The van der Waals surface area contributed by atoms with Crippen molar-refractivity contribution in [1.82, 2.24) is 14.1 Å². The molecule has 0 aliphatic carbocycles. The molecular formula is C25H31N3O7S. The molecule has 2 fully saturated rings. The lowest BCUT2D eigenvalue weighted by molar-refractivity contribution is -0.135. The fourth-order valence-electron chi connectivity index (χ4n) is 4.56. The summed E-state index contributed by atoms with van der Waals surface area (Å²) in [5.74, 6) is 1.98. The number of aryl methyl sites for hydroxylation is 1. The normalized spacial score (nSPS) is 18.9. The van der Waals surface area contributed by atoms with Gasteiger partial charge in [0.05, 0.1) is 18.1 Å². The molecule has 0 spiro atoms. The number of morpholine rings is 1. The highest BCUT2D eigenvalue weighted by Crippen LogP contribution is 2.33. The molecule has 11 heteroatoms. The quantitative estimate of drug-likeness (QED) is 0.545. The number of carbonyl (C=O) groups is 1. The zero-order valence-electron chi connectivity index (χ0n) is 20.3. The van der Waals surface area contributed by atoms with E-state index in [-0.39, 0.29) is 24.2 Å². The minimum absolute atomic E-state index is 0.0813. The maximum atomic E-state index is 12.9. The number of sulfonamides is 1. The van der Waals surface area contributed by atoms with E-state index in [1.807, 2.05) is 23.1 Å². The van der Waals surface area contributed by atoms with E-state index in [4.69, 9.17) is 18.9 Å². The lowest BCUT2D eigenvalue weighted by Crippen LogP contribution is -2.49. The maximum Gasteiger partial charge on any atom is 0.260 e. The largest absolute Gasteiger partial charge is 0.483 e. The molecule has 0 radical (unpaired) electrons. The van der Waals surface area contributed by atoms with E-state index in [0.717, 1.165) is 36.7 Å². The van der Waals surface area contributed by atoms with Crippen molar-refractivity contribution in [2.45, 2.75) is 18.4 Å². The number of hydrogen-bond acceptors (Lipinski definition) is 8. The number of amides is 1. The van der Waals surface area contributed by atoms with Crippen molar-refractivity contribution in [2.24, 2.45) is 0 Å². The van der Waals surface area contributed by atoms with Crippen molar-refractivity contribution in [3.8, 4) is 17.2 Å². The monoisotopic (exact) mass is 517 g/mol. The van der Waals surface area contributed by atoms with Gasteiger partial charge < -0.3 is 23.8 Å². The molecule has 3 heterocycles. The number of fused-ring (bicyclic) bond motifs is 1. The highest BCUT2D eigenvalue weighted by Gasteiger charge is 2.27. The van der Waals surface area contributed by atoms with Gasteiger partial charge in [0.15, 0.2) is 18.1 Å². The maximum absolute atomic E-state index is 12.9. The van der Waals surface area contributed by atoms with Gasteiger partial charge in [-0.05, 0) is 48.4 Å². The zero-order chi connectivity index (χ0) is 25.1. The van der Waals surface area contributed by atoms with Crippen LogP contribution in [0.25, 0.3) is 0 Å². The van der Waals surface area contributed by atoms with Crippen molar-refractivity contribution in [2.75, 3.05) is 65.9 Å². The first-order chi connectivity index (χ1) is 17.4. The Morgan fingerprint density at radius 3 is 2.44 bits per heavy atom. The van der Waals surface area contributed by atoms with E-state index in [1.165, 1.54) is 10.4 Å². The summed E-state index contributed by atoms with van der Waals surface area (Å²) >= 11 is 0. The number of rotatable bonds is 7. The second-order valence-corrected chi connectivity index (χ2v) is 11.0. The Bertz CT molecular complexity index is 1210. The van der Waals surface area contributed by atoms with E-state index in [0.29, 0.717) is 50.7 Å². The Labute approximate surface area is 211 Å². The van der Waals surface area contributed by atoms with Crippen LogP contribution in [0.2, 0.25) is 0 Å². The second-order valence-electron chi connectivity index (χ2n) is 9.08. The SMILES string of the molecule is Cc1cc(S(=O)(=O)N2CCOCC2)ccc1OCC(=O)N1CCN(Cc2ccc3c(c2)OCO3)CC1. The summed E-state index contributed by atoms with van der Waals surface area (Å²) in [7, 11) is -3.58. The van der Waals surface area contributed by atoms with Gasteiger partial charge in [0.1, 0.15) is 5.75 Å². The summed E-state index contributed by atoms with van der Waals surface area (Å²) in [6, 6.07) is 10.7. The van der Waals surface area contributed by atoms with Crippen molar-refractivity contribution >= 4 is 15.9 Å². The van der Waals surface area contributed by atoms with E-state index >= 15 is 0 Å². The Morgan fingerprint density at radius 1 is 0.944 bits per heavy atom. The predicted molar refractivity (Wildman–Crippen MR) is 131 cm³/mol. The number of hydrogen-bond donors (Lipinski definition) is 0. The van der Waals surface area contributed by atoms with Gasteiger partial charge in [-0.15, -0.1) is 0 Å². The summed E-state index contributed by atoms with van der Waals surface area (Å²) in [6.45, 7) is 7.03. The molecule has 2 aromatic carbocycles. The van der Waals surface area contributed by atoms with Gasteiger partial charge in [0.2, 0.25) is 16.8 Å². The Hall–Kier alpha value is -2.86. The van der Waals surface area contributed by atoms with E-state index in [2.05, 4.69) is 4.90 Å². The first kappa shape index (κ1) is 24.8. The van der Waals surface area contributed by atoms with E-state index in [9.17, 15) is 13.2 Å². The number of benzene rings is 2. The molecule has 3 aliphatic rings. The highest BCUT2D eigenvalue weighted by atomic mass is 32.2. The Morgan fingerprint density at radius 2 is 1.69 bits per heavy atom. The van der Waals surface area contributed by atoms with Crippen LogP contribution in [0.15, 0.2) is 41.3 Å². The third-order valence-electron chi connectivity index (χ3n) is 6.67. The average Bonchev–Trinajstić information content (AvgIpc) is 3.37. The first-order valence-corrected chi connectivity index (χ1v) is 13.5. The van der Waals surface area contributed by atoms with Crippen molar-refractivity contribution in [1.29, 1.82) is 0 Å². The topological polar surface area (TPSA) is 97.8 Å². The van der Waals surface area contributed by atoms with Crippen LogP contribution >= 0.6 is 0 Å². The fraction of sp³-hybridized carbons (Fsp3) is 0.480. The number of nitrogens with zero attached hydrogens (tertiary/aromatic N) is 3. The molecular weight excluding hydrogens is 486 g/mol. The van der Waals surface area contributed by atoms with Crippen LogP contribution in [0, 0.1) is 6.92 Å². The van der Waals surface area contributed by atoms with Gasteiger partial charge in [0, 0.05) is 45.8 Å². The van der Waals surface area contributed by atoms with E-state index < -0.39 is 10.0 Å². The highest BCUT2D eigenvalue weighted by molar-refractivity contribution is 7.89. The molecule has 3 aliphatic heterocycles. The molecule has 0 atom stereocenters. The smallest absolute Gasteiger partial charge is 0.260 e. The Balaban J connectivity index is 1.11. The van der Waals surface area contributed by atoms with Crippen LogP contribution in [0.3, 0.4) is 0 Å². The molecule has 0 bridgehead atoms. The average molecular weight is 518 g/mol. The molecule has 194 valence electrons. The molecule has 0 saturated carbocycles. The summed E-state index contributed by atoms with van der Waals surface area (Å²) < 4.78 is 49.0. The second kappa shape index (κ2) is 10.6. The molecule has 0 unspecified atom stereocenters. The van der Waals surface area contributed by atoms with Gasteiger partial charge in [0.25, 0.3) is 5.91 Å². The number of piperazine rings is 1. The van der Waals surface area contributed by atoms with Crippen LogP contribution in [0.4, 0.5) is 0 Å². The van der Waals surface area contributed by atoms with Gasteiger partial charge in [-0.2, -0.15) is 4.31 Å². The minimum Gasteiger partial charge on any atom is -0.483 e. The molecule has 10 nitrogen and oxygen atoms in total. The first-order valence-electron chi connectivity index (χ1n) is 12.1. The van der Waals surface area contributed by atoms with Crippen LogP contribution in [-0.4, -0.2) is 94.3 Å². The number of carbonyl (C=O) groups excluding carboxylic acids is 1. The minimum atomic E-state index is -3.58. The van der Waals surface area contributed by atoms with Crippen molar-refractivity contribution < 1.29 is 32.2 Å². The fourth-order valence-corrected chi connectivity index (χ4v) is 6.06. The van der Waals surface area contributed by atoms with E-state index in [1.54, 1.807) is 19.1 Å². The van der Waals surface area contributed by atoms with Crippen molar-refractivity contribution in [3.63, 3.8) is 0 Å². The summed E-state index contributed by atoms with van der Waals surface area (Å²) in [5, 5.41) is 0. The van der Waals surface area contributed by atoms with Crippen molar-refractivity contribution in [3.05, 3.63) is 47.5 Å². The van der Waals surface area contributed by atoms with Gasteiger partial charge in [-0.1, -0.05) is 6.07 Å². The summed E-state index contributed by atoms with van der Waals surface area (Å²) in [4.78, 5) is 17.1. The predicted octanol–water partition coefficient (Wildman–Crippen LogP) is 1.47. The standard InChI is InChI=1S/C25H31N3O7S/c1-19-14-21(36(30,31)28-10-12-32-13-11-28)3-5-22(19)33-17-25(29)27-8-6-26(7-9-27)16-20-2-4-23-24(15-20)35-18-34-23/h2-5,14-15H,6-13,16-18H2,1H3. The number of ether oxygens (including phenoxy) is 4. The molecule has 2 saturated heterocycles. The van der Waals surface area contributed by atoms with Crippen LogP contribution in [0.5, 0.6) is 17.2 Å². The summed E-state index contributed by atoms with van der Waals surface area (Å²) in [6.07, 6.45) is 0. The molecule has 5 rings (SSSR count). The molecule has 36 heavy (non-hydrogen) atoms. The van der Waals surface area contributed by atoms with Gasteiger partial charge in [-0.3, -0.25) is 9.69 Å². The van der Waals surface area contributed by atoms with Gasteiger partial charge >= 0.3 is 0 Å². The third kappa shape index (κ3) is 5.44. The summed E-state index contributed by atoms with van der Waals surface area (Å²) in [5.41, 5.74) is 1.82. The van der Waals surface area contributed by atoms with Gasteiger partial charge in [-0.25, -0.2) is 8.42 Å². The molecule has 2 aromatic rings. The Kier molecular flexibility index (Phi) is 7.33. The zero-order valence-corrected chi connectivity index (χ0v) is 21.2. The molecule has 1 amide bonds. The van der Waals surface area contributed by atoms with Crippen LogP contribution < -0.4 is 14.2 Å². The lowest BCUT2D eigenvalue weighted by atomic mass is 10.1.